The molecule has 0 saturated carbocycles. The van der Waals surface area contributed by atoms with Gasteiger partial charge in [-0.25, -0.2) is 0 Å². The summed E-state index contributed by atoms with van der Waals surface area (Å²) < 4.78 is 0. The van der Waals surface area contributed by atoms with Gasteiger partial charge in [0.05, 0.1) is 13.0 Å². The predicted molar refractivity (Wildman–Crippen MR) is 113 cm³/mol. The Balaban J connectivity index is 1.69. The first-order chi connectivity index (χ1) is 14.0. The van der Waals surface area contributed by atoms with Gasteiger partial charge in [0.1, 0.15) is 0 Å². The van der Waals surface area contributed by atoms with Crippen LogP contribution in [0.2, 0.25) is 0 Å². The number of hydrogen-bond acceptors (Lipinski definition) is 4. The number of nitrogens with zero attached hydrogens (tertiary/aromatic N) is 3. The fraction of sp³-hybridized carbons (Fsp3) is 0.591. The van der Waals surface area contributed by atoms with Crippen LogP contribution >= 0.6 is 0 Å². The molecule has 7 nitrogen and oxygen atoms in total. The van der Waals surface area contributed by atoms with Crippen LogP contribution < -0.4 is 5.32 Å². The molecule has 1 heterocycles. The summed E-state index contributed by atoms with van der Waals surface area (Å²) in [4.78, 5) is 42.6. The van der Waals surface area contributed by atoms with E-state index < -0.39 is 0 Å². The Hall–Kier alpha value is -2.41. The van der Waals surface area contributed by atoms with Gasteiger partial charge in [-0.15, -0.1) is 0 Å². The Morgan fingerprint density at radius 1 is 1.00 bits per heavy atom. The predicted octanol–water partition coefficient (Wildman–Crippen LogP) is 1.14. The summed E-state index contributed by atoms with van der Waals surface area (Å²) in [6.45, 7) is 9.06. The number of amides is 3. The molecular formula is C22H34N4O3. The Morgan fingerprint density at radius 2 is 1.72 bits per heavy atom. The number of carbonyl (C=O) groups excluding carboxylic acids is 3. The van der Waals surface area contributed by atoms with Gasteiger partial charge < -0.3 is 15.1 Å². The Labute approximate surface area is 174 Å². The van der Waals surface area contributed by atoms with E-state index in [4.69, 9.17) is 0 Å². The Bertz CT molecular complexity index is 661. The standard InChI is InChI=1S/C22H34N4O3/c1-3-25(4-2)22(29)18-24-13-8-14-26(16-15-24)21(28)11-12-23-20(27)17-19-9-6-5-7-10-19/h5-7,9-10H,3-4,8,11-18H2,1-2H3,(H,23,27). The molecule has 0 bridgehead atoms. The highest BCUT2D eigenvalue weighted by Crippen LogP contribution is 2.06. The summed E-state index contributed by atoms with van der Waals surface area (Å²) >= 11 is 0. The van der Waals surface area contributed by atoms with Crippen molar-refractivity contribution >= 4 is 17.7 Å². The van der Waals surface area contributed by atoms with E-state index in [1.54, 1.807) is 0 Å². The average molecular weight is 403 g/mol. The maximum absolute atomic E-state index is 12.5. The maximum atomic E-state index is 12.5. The lowest BCUT2D eigenvalue weighted by Crippen LogP contribution is -2.42. The molecule has 2 rings (SSSR count). The van der Waals surface area contributed by atoms with Gasteiger partial charge in [-0.05, 0) is 25.8 Å². The molecular weight excluding hydrogens is 368 g/mol. The smallest absolute Gasteiger partial charge is 0.236 e. The van der Waals surface area contributed by atoms with Gasteiger partial charge >= 0.3 is 0 Å². The largest absolute Gasteiger partial charge is 0.355 e. The lowest BCUT2D eigenvalue weighted by atomic mass is 10.1. The number of hydrogen-bond donors (Lipinski definition) is 1. The minimum absolute atomic E-state index is 0.0573. The van der Waals surface area contributed by atoms with Gasteiger partial charge in [-0.2, -0.15) is 0 Å². The minimum Gasteiger partial charge on any atom is -0.355 e. The van der Waals surface area contributed by atoms with Gasteiger partial charge in [0.25, 0.3) is 0 Å². The fourth-order valence-corrected chi connectivity index (χ4v) is 3.56. The van der Waals surface area contributed by atoms with E-state index in [1.165, 1.54) is 0 Å². The zero-order valence-electron chi connectivity index (χ0n) is 17.7. The molecule has 160 valence electrons. The molecule has 29 heavy (non-hydrogen) atoms. The van der Waals surface area contributed by atoms with Crippen molar-refractivity contribution in [1.29, 1.82) is 0 Å². The van der Waals surface area contributed by atoms with E-state index in [-0.39, 0.29) is 17.7 Å². The summed E-state index contributed by atoms with van der Waals surface area (Å²) in [6, 6.07) is 9.56. The molecule has 1 saturated heterocycles. The highest BCUT2D eigenvalue weighted by Gasteiger charge is 2.21. The molecule has 7 heteroatoms. The van der Waals surface area contributed by atoms with Gasteiger partial charge in [-0.3, -0.25) is 19.3 Å². The van der Waals surface area contributed by atoms with Crippen LogP contribution in [-0.4, -0.2) is 84.8 Å². The minimum atomic E-state index is -0.0686. The summed E-state index contributed by atoms with van der Waals surface area (Å²) in [5.41, 5.74) is 0.961. The summed E-state index contributed by atoms with van der Waals surface area (Å²) in [5, 5.41) is 2.83. The van der Waals surface area contributed by atoms with Crippen LogP contribution in [0.15, 0.2) is 30.3 Å². The number of carbonyl (C=O) groups is 3. The molecule has 1 fully saturated rings. The molecule has 0 spiro atoms. The van der Waals surface area contributed by atoms with Crippen LogP contribution in [0.3, 0.4) is 0 Å². The molecule has 1 aromatic rings. The first-order valence-corrected chi connectivity index (χ1v) is 10.6. The number of likely N-dealkylation sites (N-methyl/N-ethyl adjacent to an activating group) is 1. The molecule has 0 radical (unpaired) electrons. The molecule has 3 amide bonds. The van der Waals surface area contributed by atoms with Gasteiger partial charge in [0.2, 0.25) is 17.7 Å². The highest BCUT2D eigenvalue weighted by molar-refractivity contribution is 5.80. The number of nitrogens with one attached hydrogen (secondary N) is 1. The third-order valence-electron chi connectivity index (χ3n) is 5.28. The second kappa shape index (κ2) is 12.2. The highest BCUT2D eigenvalue weighted by atomic mass is 16.2. The second-order valence-corrected chi connectivity index (χ2v) is 7.34. The maximum Gasteiger partial charge on any atom is 0.236 e. The molecule has 0 aliphatic carbocycles. The van der Waals surface area contributed by atoms with Crippen LogP contribution in [0.1, 0.15) is 32.3 Å². The van der Waals surface area contributed by atoms with E-state index in [0.717, 1.165) is 31.6 Å². The fourth-order valence-electron chi connectivity index (χ4n) is 3.56. The van der Waals surface area contributed by atoms with Crippen LogP contribution in [0.4, 0.5) is 0 Å². The van der Waals surface area contributed by atoms with Gasteiger partial charge in [0, 0.05) is 52.2 Å². The molecule has 1 aliphatic rings. The quantitative estimate of drug-likeness (QED) is 0.672. The lowest BCUT2D eigenvalue weighted by Gasteiger charge is -2.25. The zero-order valence-corrected chi connectivity index (χ0v) is 17.7. The Kier molecular flexibility index (Phi) is 9.64. The first-order valence-electron chi connectivity index (χ1n) is 10.6. The van der Waals surface area contributed by atoms with Crippen molar-refractivity contribution in [3.63, 3.8) is 0 Å². The van der Waals surface area contributed by atoms with Crippen LogP contribution in [0.25, 0.3) is 0 Å². The van der Waals surface area contributed by atoms with Gasteiger partial charge in [-0.1, -0.05) is 30.3 Å². The normalized spacial score (nSPS) is 14.9. The SMILES string of the molecule is CCN(CC)C(=O)CN1CCCN(C(=O)CCNC(=O)Cc2ccccc2)CC1. The first kappa shape index (κ1) is 22.9. The van der Waals surface area contributed by atoms with Crippen LogP contribution in [-0.2, 0) is 20.8 Å². The molecule has 0 aromatic heterocycles. The van der Waals surface area contributed by atoms with E-state index in [1.807, 2.05) is 54.0 Å². The molecule has 1 N–H and O–H groups in total. The van der Waals surface area contributed by atoms with Gasteiger partial charge in [0.15, 0.2) is 0 Å². The average Bonchev–Trinajstić information content (AvgIpc) is 2.95. The van der Waals surface area contributed by atoms with Crippen molar-refractivity contribution in [2.75, 3.05) is 52.4 Å². The summed E-state index contributed by atoms with van der Waals surface area (Å²) in [5.74, 6) is 0.138. The van der Waals surface area contributed by atoms with Crippen LogP contribution in [0.5, 0.6) is 0 Å². The molecule has 1 aliphatic heterocycles. The van der Waals surface area contributed by atoms with Crippen molar-refractivity contribution < 1.29 is 14.4 Å². The van der Waals surface area contributed by atoms with E-state index in [9.17, 15) is 14.4 Å². The third kappa shape index (κ3) is 7.85. The third-order valence-corrected chi connectivity index (χ3v) is 5.28. The molecule has 1 aromatic carbocycles. The van der Waals surface area contributed by atoms with E-state index in [2.05, 4.69) is 10.2 Å². The summed E-state index contributed by atoms with van der Waals surface area (Å²) in [7, 11) is 0. The zero-order chi connectivity index (χ0) is 21.1. The second-order valence-electron chi connectivity index (χ2n) is 7.34. The lowest BCUT2D eigenvalue weighted by molar-refractivity contribution is -0.132. The molecule has 0 atom stereocenters. The Morgan fingerprint density at radius 3 is 2.41 bits per heavy atom. The van der Waals surface area contributed by atoms with Crippen molar-refractivity contribution in [2.24, 2.45) is 0 Å². The van der Waals surface area contributed by atoms with Crippen LogP contribution in [0, 0.1) is 0 Å². The topological polar surface area (TPSA) is 73.0 Å². The number of benzene rings is 1. The summed E-state index contributed by atoms with van der Waals surface area (Å²) in [6.07, 6.45) is 1.49. The van der Waals surface area contributed by atoms with Crippen molar-refractivity contribution in [1.82, 2.24) is 20.0 Å². The molecule has 0 unspecified atom stereocenters. The van der Waals surface area contributed by atoms with Crippen molar-refractivity contribution in [3.8, 4) is 0 Å². The van der Waals surface area contributed by atoms with Crippen molar-refractivity contribution in [2.45, 2.75) is 33.1 Å². The number of rotatable bonds is 9. The monoisotopic (exact) mass is 402 g/mol. The van der Waals surface area contributed by atoms with E-state index >= 15 is 0 Å². The van der Waals surface area contributed by atoms with Crippen molar-refractivity contribution in [3.05, 3.63) is 35.9 Å². The van der Waals surface area contributed by atoms with E-state index in [0.29, 0.717) is 45.6 Å².